The number of benzene rings is 2. The molecule has 1 amide bonds. The number of methoxy groups -OCH3 is 1. The Morgan fingerprint density at radius 1 is 1.17 bits per heavy atom. The van der Waals surface area contributed by atoms with Gasteiger partial charge in [-0.25, -0.2) is 8.60 Å². The number of rotatable bonds is 8. The molecule has 0 spiro atoms. The minimum Gasteiger partial charge on any atom is -0.496 e. The first-order valence-corrected chi connectivity index (χ1v) is 10.4. The zero-order valence-electron chi connectivity index (χ0n) is 17.7. The molecule has 0 saturated carbocycles. The van der Waals surface area contributed by atoms with Crippen molar-refractivity contribution in [1.82, 2.24) is 5.32 Å². The van der Waals surface area contributed by atoms with Crippen LogP contribution in [0.3, 0.4) is 0 Å². The van der Waals surface area contributed by atoms with Crippen molar-refractivity contribution < 1.29 is 27.1 Å². The second-order valence-electron chi connectivity index (χ2n) is 7.48. The highest BCUT2D eigenvalue weighted by molar-refractivity contribution is 7.69. The van der Waals surface area contributed by atoms with E-state index in [0.717, 1.165) is 5.56 Å². The first kappa shape index (κ1) is 23.6. The fraction of sp³-hybridized carbons (Fsp3) is 0.381. The van der Waals surface area contributed by atoms with E-state index in [4.69, 9.17) is 9.47 Å². The Morgan fingerprint density at radius 3 is 2.50 bits per heavy atom. The van der Waals surface area contributed by atoms with E-state index in [1.165, 1.54) is 19.2 Å². The van der Waals surface area contributed by atoms with E-state index < -0.39 is 16.7 Å². The molecule has 0 fully saturated rings. The Morgan fingerprint density at radius 2 is 1.90 bits per heavy atom. The Balaban J connectivity index is 1.93. The first-order chi connectivity index (χ1) is 14.1. The Bertz CT molecular complexity index is 982. The summed E-state index contributed by atoms with van der Waals surface area (Å²) in [6.45, 7) is 6.17. The quantitative estimate of drug-likeness (QED) is 0.614. The molecule has 0 heterocycles. The maximum Gasteiger partial charge on any atom is 0.258 e. The molecular formula is C21H27FN2O5S. The molecule has 2 aromatic rings. The second-order valence-corrected chi connectivity index (χ2v) is 8.52. The minimum absolute atomic E-state index is 0.0657. The number of hydrogen-bond donors (Lipinski definition) is 2. The van der Waals surface area contributed by atoms with Gasteiger partial charge in [0.05, 0.1) is 14.2 Å². The van der Waals surface area contributed by atoms with Gasteiger partial charge in [0.25, 0.3) is 5.91 Å². The highest BCUT2D eigenvalue weighted by Crippen LogP contribution is 2.34. The van der Waals surface area contributed by atoms with Crippen molar-refractivity contribution in [1.29, 1.82) is 0 Å². The van der Waals surface area contributed by atoms with E-state index in [1.807, 2.05) is 6.07 Å². The molecule has 30 heavy (non-hydrogen) atoms. The maximum atomic E-state index is 14.0. The molecule has 0 bridgehead atoms. The van der Waals surface area contributed by atoms with E-state index in [9.17, 15) is 13.4 Å². The molecule has 1 atom stereocenters. The van der Waals surface area contributed by atoms with Gasteiger partial charge >= 0.3 is 0 Å². The molecule has 9 heteroatoms. The van der Waals surface area contributed by atoms with Gasteiger partial charge in [-0.1, -0.05) is 32.9 Å². The molecule has 1 N–H and O–H groups in total. The third-order valence-corrected chi connectivity index (χ3v) is 4.89. The normalized spacial score (nSPS) is 12.5. The Labute approximate surface area is 178 Å². The molecule has 0 aromatic heterocycles. The number of halogens is 1. The summed E-state index contributed by atoms with van der Waals surface area (Å²) in [5.74, 6) is 0.200. The second kappa shape index (κ2) is 10.4. The summed E-state index contributed by atoms with van der Waals surface area (Å²) in [6, 6.07) is 9.63. The maximum absolute atomic E-state index is 14.0. The molecule has 0 aliphatic carbocycles. The number of carbonyl (C=O) groups is 1. The summed E-state index contributed by atoms with van der Waals surface area (Å²) >= 11 is 0. The standard InChI is InChI=1S/C21H27FN2O5S/c1-21(2,3)16-8-7-15(11-19(16)27-4)29-13-20(25)23-12-14-6-9-18(17(22)10-14)24-30(26)28-5/h6-11,30H,12-13H2,1-5H3,(H,23,25). The predicted octanol–water partition coefficient (Wildman–Crippen LogP) is 3.68. The lowest BCUT2D eigenvalue weighted by Crippen LogP contribution is -2.28. The van der Waals surface area contributed by atoms with Gasteiger partial charge in [0.2, 0.25) is 0 Å². The topological polar surface area (TPSA) is 86.2 Å². The van der Waals surface area contributed by atoms with Crippen molar-refractivity contribution in [3.63, 3.8) is 0 Å². The molecule has 2 rings (SSSR count). The minimum atomic E-state index is -2.30. The molecule has 1 unspecified atom stereocenters. The van der Waals surface area contributed by atoms with Crippen LogP contribution >= 0.6 is 0 Å². The van der Waals surface area contributed by atoms with Gasteiger partial charge in [-0.15, -0.1) is 0 Å². The van der Waals surface area contributed by atoms with E-state index in [2.05, 4.69) is 34.6 Å². The van der Waals surface area contributed by atoms with Crippen LogP contribution in [0.15, 0.2) is 40.8 Å². The SMILES string of the molecule is COc1cc(OCC(=O)NCc2ccc(N=[SH](=O)OC)c(F)c2)ccc1C(C)(C)C. The fourth-order valence-corrected chi connectivity index (χ4v) is 3.07. The summed E-state index contributed by atoms with van der Waals surface area (Å²) in [5, 5.41) is 2.66. The third-order valence-electron chi connectivity index (χ3n) is 4.20. The van der Waals surface area contributed by atoms with Gasteiger partial charge in [0.1, 0.15) is 23.0 Å². The Hall–Kier alpha value is -2.65. The van der Waals surface area contributed by atoms with Crippen molar-refractivity contribution in [2.75, 3.05) is 20.8 Å². The average molecular weight is 439 g/mol. The van der Waals surface area contributed by atoms with E-state index in [1.54, 1.807) is 25.3 Å². The number of hydrogen-bond acceptors (Lipinski definition) is 6. The molecule has 0 saturated heterocycles. The summed E-state index contributed by atoms with van der Waals surface area (Å²) in [5.41, 5.74) is 1.42. The molecule has 164 valence electrons. The van der Waals surface area contributed by atoms with Crippen LogP contribution in [0.25, 0.3) is 0 Å². The first-order valence-electron chi connectivity index (χ1n) is 9.23. The third kappa shape index (κ3) is 6.70. The molecule has 0 radical (unpaired) electrons. The van der Waals surface area contributed by atoms with Gasteiger partial charge in [0, 0.05) is 12.6 Å². The van der Waals surface area contributed by atoms with Crippen LogP contribution < -0.4 is 14.8 Å². The van der Waals surface area contributed by atoms with Gasteiger partial charge in [-0.3, -0.25) is 8.98 Å². The Kier molecular flexibility index (Phi) is 8.19. The summed E-state index contributed by atoms with van der Waals surface area (Å²) in [6.07, 6.45) is 0. The smallest absolute Gasteiger partial charge is 0.258 e. The van der Waals surface area contributed by atoms with Crippen molar-refractivity contribution in [2.45, 2.75) is 32.7 Å². The summed E-state index contributed by atoms with van der Waals surface area (Å²) in [7, 11) is 0.514. The molecular weight excluding hydrogens is 411 g/mol. The lowest BCUT2D eigenvalue weighted by atomic mass is 9.86. The largest absolute Gasteiger partial charge is 0.496 e. The van der Waals surface area contributed by atoms with E-state index in [0.29, 0.717) is 17.1 Å². The zero-order valence-corrected chi connectivity index (χ0v) is 18.6. The summed E-state index contributed by atoms with van der Waals surface area (Å²) in [4.78, 5) is 12.1. The van der Waals surface area contributed by atoms with Crippen LogP contribution in [0.2, 0.25) is 0 Å². The van der Waals surface area contributed by atoms with Crippen LogP contribution in [-0.2, 0) is 31.8 Å². The monoisotopic (exact) mass is 438 g/mol. The van der Waals surface area contributed by atoms with Crippen LogP contribution in [0.4, 0.5) is 10.1 Å². The molecule has 7 nitrogen and oxygen atoms in total. The van der Waals surface area contributed by atoms with Gasteiger partial charge in [-0.05, 0) is 34.7 Å². The lowest BCUT2D eigenvalue weighted by Gasteiger charge is -2.22. The van der Waals surface area contributed by atoms with Crippen molar-refractivity contribution >= 4 is 22.5 Å². The number of nitrogens with one attached hydrogen (secondary N) is 1. The van der Waals surface area contributed by atoms with Gasteiger partial charge < -0.3 is 14.8 Å². The molecule has 0 aliphatic heterocycles. The van der Waals surface area contributed by atoms with E-state index in [-0.39, 0.29) is 30.2 Å². The van der Waals surface area contributed by atoms with Crippen LogP contribution in [0.5, 0.6) is 11.5 Å². The van der Waals surface area contributed by atoms with Crippen molar-refractivity contribution in [3.05, 3.63) is 53.3 Å². The number of thiol groups is 1. The zero-order chi connectivity index (χ0) is 22.3. The van der Waals surface area contributed by atoms with Crippen molar-refractivity contribution in [2.24, 2.45) is 4.36 Å². The highest BCUT2D eigenvalue weighted by Gasteiger charge is 2.19. The lowest BCUT2D eigenvalue weighted by molar-refractivity contribution is -0.123. The van der Waals surface area contributed by atoms with E-state index >= 15 is 0 Å². The van der Waals surface area contributed by atoms with Crippen LogP contribution in [-0.4, -0.2) is 30.9 Å². The highest BCUT2D eigenvalue weighted by atomic mass is 32.2. The average Bonchev–Trinajstić information content (AvgIpc) is 2.71. The number of amides is 1. The fourth-order valence-electron chi connectivity index (χ4n) is 2.65. The number of ether oxygens (including phenoxy) is 2. The molecule has 0 aliphatic rings. The van der Waals surface area contributed by atoms with Crippen molar-refractivity contribution in [3.8, 4) is 11.5 Å². The number of nitrogens with zero attached hydrogens (tertiary/aromatic N) is 1. The van der Waals surface area contributed by atoms with Gasteiger partial charge in [0.15, 0.2) is 17.5 Å². The predicted molar refractivity (Wildman–Crippen MR) is 114 cm³/mol. The molecule has 2 aromatic carbocycles. The van der Waals surface area contributed by atoms with Gasteiger partial charge in [-0.2, -0.15) is 4.36 Å². The number of carbonyl (C=O) groups excluding carboxylic acids is 1. The van der Waals surface area contributed by atoms with Crippen LogP contribution in [0, 0.1) is 5.82 Å². The summed E-state index contributed by atoms with van der Waals surface area (Å²) < 4.78 is 44.3. The van der Waals surface area contributed by atoms with Crippen LogP contribution in [0.1, 0.15) is 31.9 Å².